The molecule has 3 rings (SSSR count). The lowest BCUT2D eigenvalue weighted by Gasteiger charge is -2.24. The van der Waals surface area contributed by atoms with Gasteiger partial charge in [0.05, 0.1) is 5.25 Å². The number of thioether (sulfide) groups is 1. The molecule has 15 heavy (non-hydrogen) atoms. The number of fused-ring (bicyclic) bond motifs is 2. The van der Waals surface area contributed by atoms with Gasteiger partial charge in [0.1, 0.15) is 7.05 Å². The van der Waals surface area contributed by atoms with E-state index in [4.69, 9.17) is 0 Å². The molecule has 0 fully saturated rings. The third-order valence-corrected chi connectivity index (χ3v) is 4.92. The molecule has 0 saturated heterocycles. The average Bonchev–Trinajstić information content (AvgIpc) is 2.55. The second kappa shape index (κ2) is 3.38. The van der Waals surface area contributed by atoms with Gasteiger partial charge in [-0.1, -0.05) is 24.3 Å². The molecular formula is C13H16NS+. The number of hydrogen-bond acceptors (Lipinski definition) is 1. The molecule has 0 saturated carbocycles. The van der Waals surface area contributed by atoms with E-state index in [-0.39, 0.29) is 0 Å². The van der Waals surface area contributed by atoms with Crippen LogP contribution in [-0.4, -0.2) is 28.0 Å². The maximum Gasteiger partial charge on any atom is 0.208 e. The Morgan fingerprint density at radius 3 is 3.13 bits per heavy atom. The van der Waals surface area contributed by atoms with Crippen molar-refractivity contribution in [2.24, 2.45) is 0 Å². The second-order valence-electron chi connectivity index (χ2n) is 4.44. The summed E-state index contributed by atoms with van der Waals surface area (Å²) < 4.78 is 2.45. The molecule has 2 heteroatoms. The van der Waals surface area contributed by atoms with E-state index in [1.54, 1.807) is 5.57 Å². The van der Waals surface area contributed by atoms with Gasteiger partial charge < -0.3 is 0 Å². The van der Waals surface area contributed by atoms with Crippen LogP contribution in [0.3, 0.4) is 0 Å². The largest absolute Gasteiger partial charge is 0.223 e. The topological polar surface area (TPSA) is 3.01 Å². The maximum absolute atomic E-state index is 2.45. The van der Waals surface area contributed by atoms with Crippen LogP contribution in [0.15, 0.2) is 35.5 Å². The zero-order valence-electron chi connectivity index (χ0n) is 9.23. The summed E-state index contributed by atoms with van der Waals surface area (Å²) in [7, 11) is 2.23. The monoisotopic (exact) mass is 218 g/mol. The van der Waals surface area contributed by atoms with Gasteiger partial charge in [0.25, 0.3) is 0 Å². The molecule has 0 aromatic heterocycles. The van der Waals surface area contributed by atoms with Gasteiger partial charge in [-0.2, -0.15) is 0 Å². The Kier molecular flexibility index (Phi) is 2.13. The minimum absolute atomic E-state index is 0.625. The van der Waals surface area contributed by atoms with E-state index in [1.165, 1.54) is 23.5 Å². The molecule has 0 aromatic carbocycles. The Morgan fingerprint density at radius 2 is 2.27 bits per heavy atom. The third kappa shape index (κ3) is 1.35. The van der Waals surface area contributed by atoms with Gasteiger partial charge in [-0.15, -0.1) is 0 Å². The van der Waals surface area contributed by atoms with E-state index >= 15 is 0 Å². The fourth-order valence-electron chi connectivity index (χ4n) is 2.72. The number of rotatable bonds is 0. The van der Waals surface area contributed by atoms with Crippen LogP contribution >= 0.6 is 11.8 Å². The maximum atomic E-state index is 2.45. The van der Waals surface area contributed by atoms with Crippen LogP contribution in [0.4, 0.5) is 0 Å². The van der Waals surface area contributed by atoms with Crippen molar-refractivity contribution < 1.29 is 4.58 Å². The zero-order valence-corrected chi connectivity index (χ0v) is 10.1. The minimum atomic E-state index is 0.625. The fourth-order valence-corrected chi connectivity index (χ4v) is 4.02. The molecule has 2 aliphatic carbocycles. The Morgan fingerprint density at radius 1 is 1.40 bits per heavy atom. The van der Waals surface area contributed by atoms with Crippen molar-refractivity contribution in [3.8, 4) is 0 Å². The molecule has 0 radical (unpaired) electrons. The Hall–Kier alpha value is -0.760. The zero-order chi connectivity index (χ0) is 10.4. The van der Waals surface area contributed by atoms with Crippen molar-refractivity contribution in [2.75, 3.05) is 7.05 Å². The van der Waals surface area contributed by atoms with Crippen molar-refractivity contribution >= 4 is 16.8 Å². The van der Waals surface area contributed by atoms with Crippen molar-refractivity contribution in [2.45, 2.75) is 31.1 Å². The summed E-state index contributed by atoms with van der Waals surface area (Å²) in [6.45, 7) is 2.23. The molecule has 1 aliphatic heterocycles. The molecule has 3 aliphatic rings. The molecule has 0 aromatic rings. The predicted octanol–water partition coefficient (Wildman–Crippen LogP) is 2.75. The first-order valence-electron chi connectivity index (χ1n) is 5.58. The van der Waals surface area contributed by atoms with Gasteiger partial charge in [0.15, 0.2) is 6.04 Å². The van der Waals surface area contributed by atoms with Gasteiger partial charge >= 0.3 is 0 Å². The number of hydrogen-bond donors (Lipinski definition) is 0. The van der Waals surface area contributed by atoms with Crippen molar-refractivity contribution in [1.29, 1.82) is 0 Å². The standard InChI is InChI=1S/C13H16NS/c1-9-14(2)13-11-6-4-3-5-10(11)7-8-12(13)15-9/h3,5,7-8,12-13H,4,6H2,1-2H3/q+1. The highest BCUT2D eigenvalue weighted by Gasteiger charge is 2.42. The van der Waals surface area contributed by atoms with Gasteiger partial charge in [0, 0.05) is 12.5 Å². The van der Waals surface area contributed by atoms with Crippen molar-refractivity contribution in [3.63, 3.8) is 0 Å². The highest BCUT2D eigenvalue weighted by molar-refractivity contribution is 8.14. The molecule has 78 valence electrons. The van der Waals surface area contributed by atoms with Crippen molar-refractivity contribution in [3.05, 3.63) is 35.5 Å². The van der Waals surface area contributed by atoms with E-state index in [2.05, 4.69) is 42.9 Å². The summed E-state index contributed by atoms with van der Waals surface area (Å²) in [6, 6.07) is 0.625. The highest BCUT2D eigenvalue weighted by atomic mass is 32.2. The number of allylic oxidation sites excluding steroid dienone is 4. The smallest absolute Gasteiger partial charge is 0.208 e. The van der Waals surface area contributed by atoms with E-state index in [1.807, 2.05) is 11.8 Å². The fraction of sp³-hybridized carbons (Fsp3) is 0.462. The van der Waals surface area contributed by atoms with Crippen LogP contribution in [0, 0.1) is 0 Å². The highest BCUT2D eigenvalue weighted by Crippen LogP contribution is 2.38. The van der Waals surface area contributed by atoms with Crippen LogP contribution < -0.4 is 0 Å². The molecule has 2 unspecified atom stereocenters. The molecule has 0 amide bonds. The molecule has 1 nitrogen and oxygen atoms in total. The first kappa shape index (κ1) is 9.46. The average molecular weight is 218 g/mol. The van der Waals surface area contributed by atoms with Gasteiger partial charge in [0.2, 0.25) is 5.04 Å². The first-order valence-corrected chi connectivity index (χ1v) is 6.46. The first-order chi connectivity index (χ1) is 7.27. The summed E-state index contributed by atoms with van der Waals surface area (Å²) in [5.41, 5.74) is 3.11. The van der Waals surface area contributed by atoms with E-state index in [0.717, 1.165) is 0 Å². The van der Waals surface area contributed by atoms with Gasteiger partial charge in [-0.25, -0.2) is 4.58 Å². The predicted molar refractivity (Wildman–Crippen MR) is 66.6 cm³/mol. The van der Waals surface area contributed by atoms with Crippen LogP contribution in [0.1, 0.15) is 19.8 Å². The van der Waals surface area contributed by atoms with E-state index in [9.17, 15) is 0 Å². The summed E-state index contributed by atoms with van der Waals surface area (Å²) in [5.74, 6) is 0. The van der Waals surface area contributed by atoms with Crippen molar-refractivity contribution in [1.82, 2.24) is 0 Å². The summed E-state index contributed by atoms with van der Waals surface area (Å²) in [6.07, 6.45) is 11.7. The molecule has 0 N–H and O–H groups in total. The Labute approximate surface area is 95.3 Å². The normalized spacial score (nSPS) is 33.5. The Balaban J connectivity index is 2.07. The Bertz CT molecular complexity index is 426. The molecule has 0 spiro atoms. The number of nitrogens with zero attached hydrogens (tertiary/aromatic N) is 1. The minimum Gasteiger partial charge on any atom is -0.223 e. The lowest BCUT2D eigenvalue weighted by molar-refractivity contribution is -0.521. The quantitative estimate of drug-likeness (QED) is 0.565. The van der Waals surface area contributed by atoms with E-state index in [0.29, 0.717) is 11.3 Å². The second-order valence-corrected chi connectivity index (χ2v) is 5.81. The van der Waals surface area contributed by atoms with Crippen LogP contribution in [0.2, 0.25) is 0 Å². The lowest BCUT2D eigenvalue weighted by atomic mass is 9.86. The van der Waals surface area contributed by atoms with E-state index < -0.39 is 0 Å². The summed E-state index contributed by atoms with van der Waals surface area (Å²) in [4.78, 5) is 0. The van der Waals surface area contributed by atoms with Crippen LogP contribution in [0.25, 0.3) is 0 Å². The third-order valence-electron chi connectivity index (χ3n) is 3.60. The molecule has 0 bridgehead atoms. The lowest BCUT2D eigenvalue weighted by Crippen LogP contribution is -2.33. The summed E-state index contributed by atoms with van der Waals surface area (Å²) >= 11 is 2.01. The molecule has 2 atom stereocenters. The van der Waals surface area contributed by atoms with Gasteiger partial charge in [-0.3, -0.25) is 0 Å². The van der Waals surface area contributed by atoms with Crippen LogP contribution in [0.5, 0.6) is 0 Å². The number of likely N-dealkylation sites (N-methyl/N-ethyl adjacent to an activating group) is 1. The van der Waals surface area contributed by atoms with Crippen LogP contribution in [-0.2, 0) is 0 Å². The molecule has 1 heterocycles. The van der Waals surface area contributed by atoms with Gasteiger partial charge in [-0.05, 0) is 30.2 Å². The SMILES string of the molecule is CC1=[N+](C)C2C3=C(C=CCC3)C=CC2S1. The summed E-state index contributed by atoms with van der Waals surface area (Å²) in [5, 5.41) is 2.11. The molecular weight excluding hydrogens is 202 g/mol.